The first-order chi connectivity index (χ1) is 15.8. The molecule has 1 aromatic carbocycles. The van der Waals surface area contributed by atoms with E-state index in [2.05, 4.69) is 15.6 Å². The molecule has 1 aromatic heterocycles. The topological polar surface area (TPSA) is 96.3 Å². The lowest BCUT2D eigenvalue weighted by molar-refractivity contribution is -0.134. The van der Waals surface area contributed by atoms with Crippen LogP contribution in [-0.4, -0.2) is 49.8 Å². The van der Waals surface area contributed by atoms with Gasteiger partial charge in [0.15, 0.2) is 5.69 Å². The van der Waals surface area contributed by atoms with Gasteiger partial charge in [-0.2, -0.15) is 0 Å². The van der Waals surface area contributed by atoms with Gasteiger partial charge in [-0.15, -0.1) is 0 Å². The molecule has 3 amide bonds. The first-order valence-electron chi connectivity index (χ1n) is 11.2. The fraction of sp³-hybridized carbons (Fsp3) is 0.478. The molecule has 10 heteroatoms. The molecule has 0 bridgehead atoms. The number of aromatic nitrogens is 2. The van der Waals surface area contributed by atoms with E-state index in [1.807, 2.05) is 0 Å². The SMILES string of the molecule is C[C@@]1(C(=O)NC2CCCC2)Cn2cnc(C(=O)Nc3ccc(F)cc3Cl)c2C(=O)N1C1CC1. The first kappa shape index (κ1) is 21.9. The van der Waals surface area contributed by atoms with E-state index in [-0.39, 0.29) is 52.5 Å². The third-order valence-corrected chi connectivity index (χ3v) is 7.07. The number of anilines is 1. The number of carbonyl (C=O) groups excluding carboxylic acids is 3. The number of carbonyl (C=O) groups is 3. The molecule has 2 aromatic rings. The highest BCUT2D eigenvalue weighted by Gasteiger charge is 2.54. The molecule has 8 nitrogen and oxygen atoms in total. The molecule has 0 spiro atoms. The molecule has 2 saturated carbocycles. The van der Waals surface area contributed by atoms with Crippen LogP contribution in [-0.2, 0) is 11.3 Å². The number of rotatable bonds is 5. The Morgan fingerprint density at radius 2 is 1.94 bits per heavy atom. The number of hydrogen-bond donors (Lipinski definition) is 2. The van der Waals surface area contributed by atoms with Crippen molar-refractivity contribution in [3.05, 3.63) is 46.8 Å². The average Bonchev–Trinajstić information content (AvgIpc) is 3.28. The normalized spacial score (nSPS) is 22.9. The molecule has 174 valence electrons. The molecule has 2 aliphatic carbocycles. The fourth-order valence-corrected chi connectivity index (χ4v) is 5.12. The third-order valence-electron chi connectivity index (χ3n) is 6.76. The van der Waals surface area contributed by atoms with Gasteiger partial charge in [0.05, 0.1) is 23.6 Å². The van der Waals surface area contributed by atoms with Crippen LogP contribution >= 0.6 is 11.6 Å². The maximum Gasteiger partial charge on any atom is 0.276 e. The Balaban J connectivity index is 1.44. The second kappa shape index (κ2) is 8.13. The van der Waals surface area contributed by atoms with E-state index < -0.39 is 17.3 Å². The van der Waals surface area contributed by atoms with Crippen molar-refractivity contribution in [2.24, 2.45) is 0 Å². The minimum absolute atomic E-state index is 0.0390. The van der Waals surface area contributed by atoms with E-state index in [1.54, 1.807) is 16.4 Å². The van der Waals surface area contributed by atoms with Gasteiger partial charge in [-0.25, -0.2) is 9.37 Å². The zero-order chi connectivity index (χ0) is 23.3. The molecule has 0 unspecified atom stereocenters. The quantitative estimate of drug-likeness (QED) is 0.696. The smallest absolute Gasteiger partial charge is 0.276 e. The highest BCUT2D eigenvalue weighted by Crippen LogP contribution is 2.39. The molecule has 1 atom stereocenters. The Labute approximate surface area is 195 Å². The lowest BCUT2D eigenvalue weighted by Gasteiger charge is -2.44. The van der Waals surface area contributed by atoms with Gasteiger partial charge >= 0.3 is 0 Å². The van der Waals surface area contributed by atoms with Crippen LogP contribution in [0.25, 0.3) is 0 Å². The average molecular weight is 474 g/mol. The van der Waals surface area contributed by atoms with Gasteiger partial charge < -0.3 is 20.1 Å². The van der Waals surface area contributed by atoms with E-state index in [0.717, 1.165) is 44.6 Å². The Morgan fingerprint density at radius 1 is 1.21 bits per heavy atom. The molecule has 3 aliphatic rings. The summed E-state index contributed by atoms with van der Waals surface area (Å²) in [4.78, 5) is 45.8. The van der Waals surface area contributed by atoms with Crippen molar-refractivity contribution in [1.29, 1.82) is 0 Å². The van der Waals surface area contributed by atoms with Crippen molar-refractivity contribution >= 4 is 35.0 Å². The van der Waals surface area contributed by atoms with Crippen molar-refractivity contribution in [2.75, 3.05) is 5.32 Å². The summed E-state index contributed by atoms with van der Waals surface area (Å²) in [6.45, 7) is 2.00. The van der Waals surface area contributed by atoms with Gasteiger partial charge in [-0.05, 0) is 50.8 Å². The monoisotopic (exact) mass is 473 g/mol. The highest BCUT2D eigenvalue weighted by molar-refractivity contribution is 6.34. The number of benzene rings is 1. The minimum atomic E-state index is -1.07. The Kier molecular flexibility index (Phi) is 5.39. The van der Waals surface area contributed by atoms with Crippen LogP contribution in [0.2, 0.25) is 5.02 Å². The second-order valence-electron chi connectivity index (χ2n) is 9.28. The number of nitrogens with one attached hydrogen (secondary N) is 2. The summed E-state index contributed by atoms with van der Waals surface area (Å²) in [7, 11) is 0. The third kappa shape index (κ3) is 3.88. The van der Waals surface area contributed by atoms with Gasteiger partial charge in [0.25, 0.3) is 11.8 Å². The second-order valence-corrected chi connectivity index (χ2v) is 9.69. The molecule has 33 heavy (non-hydrogen) atoms. The van der Waals surface area contributed by atoms with Crippen LogP contribution < -0.4 is 10.6 Å². The van der Waals surface area contributed by atoms with Crippen molar-refractivity contribution in [3.63, 3.8) is 0 Å². The van der Waals surface area contributed by atoms with Crippen LogP contribution in [0, 0.1) is 5.82 Å². The zero-order valence-electron chi connectivity index (χ0n) is 18.2. The lowest BCUT2D eigenvalue weighted by Crippen LogP contribution is -2.65. The van der Waals surface area contributed by atoms with Crippen molar-refractivity contribution in [2.45, 2.75) is 69.6 Å². The van der Waals surface area contributed by atoms with Gasteiger partial charge in [-0.3, -0.25) is 14.4 Å². The molecule has 1 aliphatic heterocycles. The summed E-state index contributed by atoms with van der Waals surface area (Å²) in [5.74, 6) is -1.71. The number of hydrogen-bond acceptors (Lipinski definition) is 4. The van der Waals surface area contributed by atoms with Gasteiger partial charge in [-0.1, -0.05) is 24.4 Å². The van der Waals surface area contributed by atoms with E-state index in [0.29, 0.717) is 0 Å². The maximum absolute atomic E-state index is 13.6. The molecule has 2 heterocycles. The molecule has 5 rings (SSSR count). The number of nitrogens with zero attached hydrogens (tertiary/aromatic N) is 3. The molecular weight excluding hydrogens is 449 g/mol. The number of amides is 3. The fourth-order valence-electron chi connectivity index (χ4n) is 4.90. The number of fused-ring (bicyclic) bond motifs is 1. The number of imidazole rings is 1. The summed E-state index contributed by atoms with van der Waals surface area (Å²) >= 11 is 6.02. The van der Waals surface area contributed by atoms with E-state index in [9.17, 15) is 18.8 Å². The largest absolute Gasteiger partial charge is 0.351 e. The predicted octanol–water partition coefficient (Wildman–Crippen LogP) is 3.36. The summed E-state index contributed by atoms with van der Waals surface area (Å²) in [5, 5.41) is 5.77. The maximum atomic E-state index is 13.6. The molecule has 2 N–H and O–H groups in total. The van der Waals surface area contributed by atoms with E-state index in [1.165, 1.54) is 18.5 Å². The van der Waals surface area contributed by atoms with Gasteiger partial charge in [0, 0.05) is 12.1 Å². The predicted molar refractivity (Wildman–Crippen MR) is 120 cm³/mol. The Bertz CT molecular complexity index is 1140. The first-order valence-corrected chi connectivity index (χ1v) is 11.6. The summed E-state index contributed by atoms with van der Waals surface area (Å²) in [6.07, 6.45) is 7.14. The highest BCUT2D eigenvalue weighted by atomic mass is 35.5. The van der Waals surface area contributed by atoms with E-state index >= 15 is 0 Å². The van der Waals surface area contributed by atoms with Crippen molar-refractivity contribution < 1.29 is 18.8 Å². The molecular formula is C23H25ClFN5O3. The van der Waals surface area contributed by atoms with Crippen LogP contribution in [0.1, 0.15) is 66.4 Å². The van der Waals surface area contributed by atoms with Crippen LogP contribution in [0.4, 0.5) is 10.1 Å². The summed E-state index contributed by atoms with van der Waals surface area (Å²) in [6, 6.07) is 3.72. The molecule has 0 saturated heterocycles. The molecule has 0 radical (unpaired) electrons. The van der Waals surface area contributed by atoms with Gasteiger partial charge in [0.1, 0.15) is 17.1 Å². The zero-order valence-corrected chi connectivity index (χ0v) is 19.0. The summed E-state index contributed by atoms with van der Waals surface area (Å²) < 4.78 is 14.9. The van der Waals surface area contributed by atoms with Crippen molar-refractivity contribution in [1.82, 2.24) is 19.8 Å². The Morgan fingerprint density at radius 3 is 2.61 bits per heavy atom. The van der Waals surface area contributed by atoms with Crippen LogP contribution in [0.3, 0.4) is 0 Å². The number of halogens is 2. The minimum Gasteiger partial charge on any atom is -0.351 e. The van der Waals surface area contributed by atoms with Crippen LogP contribution in [0.15, 0.2) is 24.5 Å². The molecule has 2 fully saturated rings. The summed E-state index contributed by atoms with van der Waals surface area (Å²) in [5.41, 5.74) is -0.760. The van der Waals surface area contributed by atoms with Gasteiger partial charge in [0.2, 0.25) is 5.91 Å². The standard InChI is InChI=1S/C23H25ClFN5O3/c1-23(22(33)27-14-4-2-3-5-14)11-29-12-26-18(19(29)21(32)30(23)15-7-8-15)20(31)28-17-9-6-13(25)10-16(17)24/h6,9-10,12,14-15H,2-5,7-8,11H2,1H3,(H,27,33)(H,28,31)/t23-/m0/s1. The van der Waals surface area contributed by atoms with Crippen molar-refractivity contribution in [3.8, 4) is 0 Å². The van der Waals surface area contributed by atoms with Crippen LogP contribution in [0.5, 0.6) is 0 Å². The lowest BCUT2D eigenvalue weighted by atomic mass is 9.93. The van der Waals surface area contributed by atoms with E-state index in [4.69, 9.17) is 11.6 Å². The Hall–Kier alpha value is -2.94.